The maximum atomic E-state index is 11.8. The average molecular weight is 269 g/mol. The molecule has 8 heteroatoms. The molecule has 1 atom stereocenters. The summed E-state index contributed by atoms with van der Waals surface area (Å²) in [6.07, 6.45) is 0.574. The van der Waals surface area contributed by atoms with Crippen molar-refractivity contribution in [3.05, 3.63) is 0 Å². The molecule has 1 aliphatic heterocycles. The first-order valence-corrected chi connectivity index (χ1v) is 8.55. The fourth-order valence-electron chi connectivity index (χ4n) is 2.02. The molecule has 1 heterocycles. The SMILES string of the molecule is O=S1(=O)CCC(S(=O)(=O)NC2CC(O)C2)C1. The van der Waals surface area contributed by atoms with Crippen molar-refractivity contribution in [3.8, 4) is 0 Å². The standard InChI is InChI=1S/C8H15NO5S2/c10-7-3-6(4-7)9-16(13,14)8-1-2-15(11,12)5-8/h6-10H,1-5H2. The molecule has 16 heavy (non-hydrogen) atoms. The van der Waals surface area contributed by atoms with Gasteiger partial charge in [0.15, 0.2) is 9.84 Å². The highest BCUT2D eigenvalue weighted by Crippen LogP contribution is 2.23. The summed E-state index contributed by atoms with van der Waals surface area (Å²) in [4.78, 5) is 0. The number of aliphatic hydroxyl groups excluding tert-OH is 1. The van der Waals surface area contributed by atoms with Gasteiger partial charge in [0.05, 0.1) is 22.9 Å². The van der Waals surface area contributed by atoms with Gasteiger partial charge in [-0.2, -0.15) is 0 Å². The molecule has 94 valence electrons. The van der Waals surface area contributed by atoms with E-state index in [0.717, 1.165) is 0 Å². The first-order valence-electron chi connectivity index (χ1n) is 5.18. The van der Waals surface area contributed by atoms with E-state index in [2.05, 4.69) is 4.72 Å². The highest BCUT2D eigenvalue weighted by atomic mass is 32.2. The summed E-state index contributed by atoms with van der Waals surface area (Å²) >= 11 is 0. The molecule has 0 radical (unpaired) electrons. The van der Waals surface area contributed by atoms with Crippen LogP contribution in [0.25, 0.3) is 0 Å². The van der Waals surface area contributed by atoms with Gasteiger partial charge in [-0.05, 0) is 19.3 Å². The van der Waals surface area contributed by atoms with Crippen LogP contribution in [0.5, 0.6) is 0 Å². The topological polar surface area (TPSA) is 101 Å². The van der Waals surface area contributed by atoms with E-state index >= 15 is 0 Å². The lowest BCUT2D eigenvalue weighted by Gasteiger charge is -2.32. The van der Waals surface area contributed by atoms with Crippen LogP contribution in [0.15, 0.2) is 0 Å². The Balaban J connectivity index is 1.98. The zero-order valence-electron chi connectivity index (χ0n) is 8.66. The predicted molar refractivity (Wildman–Crippen MR) is 58.1 cm³/mol. The van der Waals surface area contributed by atoms with Crippen molar-refractivity contribution in [2.45, 2.75) is 36.7 Å². The predicted octanol–water partition coefficient (Wildman–Crippen LogP) is -1.38. The first-order chi connectivity index (χ1) is 7.28. The van der Waals surface area contributed by atoms with Crippen molar-refractivity contribution in [1.29, 1.82) is 0 Å². The van der Waals surface area contributed by atoms with Crippen molar-refractivity contribution >= 4 is 19.9 Å². The van der Waals surface area contributed by atoms with Gasteiger partial charge in [0.25, 0.3) is 0 Å². The summed E-state index contributed by atoms with van der Waals surface area (Å²) in [5.74, 6) is -0.330. The van der Waals surface area contributed by atoms with Crippen LogP contribution < -0.4 is 4.72 Å². The Morgan fingerprint density at radius 2 is 1.88 bits per heavy atom. The Labute approximate surface area is 95.0 Å². The van der Waals surface area contributed by atoms with E-state index in [4.69, 9.17) is 5.11 Å². The number of hydrogen-bond acceptors (Lipinski definition) is 5. The van der Waals surface area contributed by atoms with Crippen LogP contribution in [-0.2, 0) is 19.9 Å². The first kappa shape index (κ1) is 12.3. The summed E-state index contributed by atoms with van der Waals surface area (Å²) in [5.41, 5.74) is 0. The Bertz CT molecular complexity index is 463. The zero-order chi connectivity index (χ0) is 12.0. The number of hydrogen-bond donors (Lipinski definition) is 2. The lowest BCUT2D eigenvalue weighted by Crippen LogP contribution is -2.49. The Hall–Kier alpha value is -0.180. The van der Waals surface area contributed by atoms with Crippen LogP contribution in [0.1, 0.15) is 19.3 Å². The van der Waals surface area contributed by atoms with Crippen molar-refractivity contribution in [2.24, 2.45) is 0 Å². The second kappa shape index (κ2) is 3.94. The molecule has 1 saturated heterocycles. The summed E-state index contributed by atoms with van der Waals surface area (Å²) in [7, 11) is -6.74. The average Bonchev–Trinajstić information content (AvgIpc) is 2.43. The van der Waals surface area contributed by atoms with E-state index in [1.165, 1.54) is 0 Å². The molecule has 1 unspecified atom stereocenters. The molecule has 0 bridgehead atoms. The van der Waals surface area contributed by atoms with Gasteiger partial charge in [-0.1, -0.05) is 0 Å². The molecule has 2 aliphatic rings. The van der Waals surface area contributed by atoms with Crippen LogP contribution in [0.3, 0.4) is 0 Å². The van der Waals surface area contributed by atoms with Gasteiger partial charge in [-0.25, -0.2) is 21.6 Å². The minimum Gasteiger partial charge on any atom is -0.393 e. The third kappa shape index (κ3) is 2.55. The van der Waals surface area contributed by atoms with Crippen LogP contribution in [0.2, 0.25) is 0 Å². The van der Waals surface area contributed by atoms with E-state index in [0.29, 0.717) is 12.8 Å². The lowest BCUT2D eigenvalue weighted by molar-refractivity contribution is 0.0711. The number of nitrogens with one attached hydrogen (secondary N) is 1. The zero-order valence-corrected chi connectivity index (χ0v) is 10.3. The van der Waals surface area contributed by atoms with Crippen LogP contribution in [-0.4, -0.2) is 50.8 Å². The third-order valence-electron chi connectivity index (χ3n) is 3.07. The van der Waals surface area contributed by atoms with Crippen LogP contribution in [0.4, 0.5) is 0 Å². The third-order valence-corrected chi connectivity index (χ3v) is 6.99. The molecule has 0 aromatic rings. The second-order valence-corrected chi connectivity index (χ2v) is 8.73. The molecular weight excluding hydrogens is 254 g/mol. The minimum absolute atomic E-state index is 0.0497. The van der Waals surface area contributed by atoms with E-state index in [-0.39, 0.29) is 24.0 Å². The molecule has 1 saturated carbocycles. The number of rotatable bonds is 3. The van der Waals surface area contributed by atoms with E-state index in [1.807, 2.05) is 0 Å². The van der Waals surface area contributed by atoms with Crippen molar-refractivity contribution in [2.75, 3.05) is 11.5 Å². The van der Waals surface area contributed by atoms with E-state index in [9.17, 15) is 16.8 Å². The van der Waals surface area contributed by atoms with Gasteiger partial charge < -0.3 is 5.11 Å². The molecule has 0 aromatic heterocycles. The van der Waals surface area contributed by atoms with Crippen LogP contribution >= 0.6 is 0 Å². The van der Waals surface area contributed by atoms with Gasteiger partial charge in [0, 0.05) is 6.04 Å². The van der Waals surface area contributed by atoms with Gasteiger partial charge in [0.2, 0.25) is 10.0 Å². The van der Waals surface area contributed by atoms with Crippen molar-refractivity contribution in [3.63, 3.8) is 0 Å². The van der Waals surface area contributed by atoms with E-state index in [1.54, 1.807) is 0 Å². The molecule has 0 spiro atoms. The molecule has 2 fully saturated rings. The second-order valence-electron chi connectivity index (χ2n) is 4.51. The Morgan fingerprint density at radius 3 is 2.31 bits per heavy atom. The van der Waals surface area contributed by atoms with Gasteiger partial charge in [0.1, 0.15) is 0 Å². The minimum atomic E-state index is -3.55. The smallest absolute Gasteiger partial charge is 0.215 e. The summed E-state index contributed by atoms with van der Waals surface area (Å²) in [6.45, 7) is 0. The number of aliphatic hydroxyl groups is 1. The number of sulfone groups is 1. The molecule has 2 rings (SSSR count). The number of sulfonamides is 1. The van der Waals surface area contributed by atoms with E-state index < -0.39 is 31.2 Å². The molecule has 6 nitrogen and oxygen atoms in total. The molecule has 1 aliphatic carbocycles. The Kier molecular flexibility index (Phi) is 3.02. The van der Waals surface area contributed by atoms with Crippen LogP contribution in [0, 0.1) is 0 Å². The maximum Gasteiger partial charge on any atom is 0.215 e. The summed E-state index contributed by atoms with van der Waals surface area (Å²) < 4.78 is 48.4. The summed E-state index contributed by atoms with van der Waals surface area (Å²) in [6, 6.07) is -0.233. The van der Waals surface area contributed by atoms with Gasteiger partial charge in [-0.15, -0.1) is 0 Å². The highest BCUT2D eigenvalue weighted by molar-refractivity contribution is 7.95. The largest absolute Gasteiger partial charge is 0.393 e. The van der Waals surface area contributed by atoms with Gasteiger partial charge >= 0.3 is 0 Å². The summed E-state index contributed by atoms with van der Waals surface area (Å²) in [5, 5.41) is 8.21. The fourth-order valence-corrected chi connectivity index (χ4v) is 6.33. The fraction of sp³-hybridized carbons (Fsp3) is 1.00. The monoisotopic (exact) mass is 269 g/mol. The quantitative estimate of drug-likeness (QED) is 0.657. The van der Waals surface area contributed by atoms with Crippen molar-refractivity contribution in [1.82, 2.24) is 4.72 Å². The molecular formula is C8H15NO5S2. The van der Waals surface area contributed by atoms with Gasteiger partial charge in [-0.3, -0.25) is 0 Å². The normalized spacial score (nSPS) is 38.2. The molecule has 2 N–H and O–H groups in total. The highest BCUT2D eigenvalue weighted by Gasteiger charge is 2.40. The molecule has 0 aromatic carbocycles. The molecule has 0 amide bonds. The Morgan fingerprint density at radius 1 is 1.25 bits per heavy atom. The van der Waals surface area contributed by atoms with Crippen molar-refractivity contribution < 1.29 is 21.9 Å². The lowest BCUT2D eigenvalue weighted by atomic mass is 9.91. The maximum absolute atomic E-state index is 11.8.